The fraction of sp³-hybridized carbons (Fsp3) is 0.438. The van der Waals surface area contributed by atoms with Crippen LogP contribution in [0.4, 0.5) is 0 Å². The van der Waals surface area contributed by atoms with Crippen LogP contribution in [0.3, 0.4) is 0 Å². The van der Waals surface area contributed by atoms with E-state index >= 15 is 0 Å². The maximum absolute atomic E-state index is 12.9. The quantitative estimate of drug-likeness (QED) is 0.488. The maximum Gasteiger partial charge on any atom is 0.263 e. The largest absolute Gasteiger partial charge is 0.283 e. The summed E-state index contributed by atoms with van der Waals surface area (Å²) in [5.74, 6) is 0. The fourth-order valence-corrected chi connectivity index (χ4v) is 4.89. The molecule has 22 heavy (non-hydrogen) atoms. The number of aryl methyl sites for hydroxylation is 2. The third kappa shape index (κ3) is 2.59. The van der Waals surface area contributed by atoms with E-state index in [9.17, 15) is 4.79 Å². The van der Waals surface area contributed by atoms with Gasteiger partial charge in [-0.25, -0.2) is 4.98 Å². The van der Waals surface area contributed by atoms with Crippen molar-refractivity contribution in [2.75, 3.05) is 0 Å². The Hall–Kier alpha value is -1.58. The molecule has 2 heterocycles. The Morgan fingerprint density at radius 3 is 3.05 bits per heavy atom. The number of hydrogen-bond donors (Lipinski definition) is 0. The lowest BCUT2D eigenvalue weighted by molar-refractivity contribution is 0.667. The molecule has 1 aliphatic rings. The molecule has 0 saturated heterocycles. The number of thiophene rings is 1. The monoisotopic (exact) mass is 331 g/mol. The van der Waals surface area contributed by atoms with Gasteiger partial charge in [0.15, 0.2) is 5.16 Å². The highest BCUT2D eigenvalue weighted by Gasteiger charge is 2.22. The first-order valence-electron chi connectivity index (χ1n) is 7.38. The van der Waals surface area contributed by atoms with Crippen molar-refractivity contribution >= 4 is 33.3 Å². The molecule has 1 aliphatic carbocycles. The summed E-state index contributed by atoms with van der Waals surface area (Å²) in [6.45, 7) is 5.98. The number of nitrogens with zero attached hydrogens (tertiary/aromatic N) is 3. The standard InChI is InChI=1S/C16H17N3OS2/c1-3-8-19-15(20)13-11-6-4-5-7-12(11)22-14(13)18-16(19)21-10(2)9-17/h3,10H,1,4-8H2,2H3/t10-/m1/s1. The van der Waals surface area contributed by atoms with Gasteiger partial charge in [0.2, 0.25) is 0 Å². The van der Waals surface area contributed by atoms with E-state index in [0.29, 0.717) is 11.7 Å². The zero-order chi connectivity index (χ0) is 15.7. The van der Waals surface area contributed by atoms with Gasteiger partial charge in [-0.15, -0.1) is 17.9 Å². The molecule has 0 aromatic carbocycles. The van der Waals surface area contributed by atoms with Crippen LogP contribution in [0.15, 0.2) is 22.6 Å². The number of aromatic nitrogens is 2. The van der Waals surface area contributed by atoms with Gasteiger partial charge in [-0.3, -0.25) is 9.36 Å². The number of rotatable bonds is 4. The van der Waals surface area contributed by atoms with E-state index in [0.717, 1.165) is 29.5 Å². The molecule has 2 aromatic heterocycles. The second-order valence-corrected chi connectivity index (χ2v) is 7.77. The molecule has 0 unspecified atom stereocenters. The van der Waals surface area contributed by atoms with Crippen molar-refractivity contribution in [3.8, 4) is 6.07 Å². The van der Waals surface area contributed by atoms with Crippen molar-refractivity contribution in [3.63, 3.8) is 0 Å². The average Bonchev–Trinajstić information content (AvgIpc) is 2.89. The smallest absolute Gasteiger partial charge is 0.263 e. The Morgan fingerprint density at radius 1 is 1.55 bits per heavy atom. The van der Waals surface area contributed by atoms with Crippen LogP contribution in [-0.2, 0) is 19.4 Å². The van der Waals surface area contributed by atoms with Gasteiger partial charge < -0.3 is 0 Å². The minimum Gasteiger partial charge on any atom is -0.283 e. The first kappa shape index (κ1) is 15.3. The SMILES string of the molecule is C=CCn1c(S[C@H](C)C#N)nc2sc3c(c2c1=O)CCCC3. The average molecular weight is 331 g/mol. The molecular weight excluding hydrogens is 314 g/mol. The summed E-state index contributed by atoms with van der Waals surface area (Å²) >= 11 is 2.98. The van der Waals surface area contributed by atoms with Gasteiger partial charge in [0.25, 0.3) is 5.56 Å². The van der Waals surface area contributed by atoms with E-state index in [-0.39, 0.29) is 10.8 Å². The van der Waals surface area contributed by atoms with Crippen LogP contribution in [0.25, 0.3) is 10.2 Å². The summed E-state index contributed by atoms with van der Waals surface area (Å²) in [5.41, 5.74) is 1.21. The molecule has 3 rings (SSSR count). The topological polar surface area (TPSA) is 58.7 Å². The molecule has 114 valence electrons. The lowest BCUT2D eigenvalue weighted by Crippen LogP contribution is -2.23. The molecule has 4 nitrogen and oxygen atoms in total. The van der Waals surface area contributed by atoms with Gasteiger partial charge in [0, 0.05) is 11.4 Å². The summed E-state index contributed by atoms with van der Waals surface area (Å²) in [7, 11) is 0. The Bertz CT molecular complexity index is 828. The Kier molecular flexibility index (Phi) is 4.37. The van der Waals surface area contributed by atoms with Gasteiger partial charge in [-0.1, -0.05) is 17.8 Å². The zero-order valence-electron chi connectivity index (χ0n) is 12.5. The highest BCUT2D eigenvalue weighted by atomic mass is 32.2. The van der Waals surface area contributed by atoms with E-state index < -0.39 is 0 Å². The van der Waals surface area contributed by atoms with Gasteiger partial charge in [-0.2, -0.15) is 5.26 Å². The van der Waals surface area contributed by atoms with Crippen LogP contribution in [0.2, 0.25) is 0 Å². The van der Waals surface area contributed by atoms with E-state index in [1.165, 1.54) is 28.6 Å². The van der Waals surface area contributed by atoms with Gasteiger partial charge >= 0.3 is 0 Å². The summed E-state index contributed by atoms with van der Waals surface area (Å²) in [4.78, 5) is 19.8. The molecule has 0 bridgehead atoms. The Balaban J connectivity index is 2.23. The van der Waals surface area contributed by atoms with Crippen molar-refractivity contribution in [1.29, 1.82) is 5.26 Å². The maximum atomic E-state index is 12.9. The highest BCUT2D eigenvalue weighted by molar-refractivity contribution is 8.00. The number of allylic oxidation sites excluding steroid dienone is 1. The normalized spacial score (nSPS) is 15.3. The lowest BCUT2D eigenvalue weighted by Gasteiger charge is -2.12. The van der Waals surface area contributed by atoms with Crippen molar-refractivity contribution < 1.29 is 0 Å². The second-order valence-electron chi connectivity index (χ2n) is 5.38. The van der Waals surface area contributed by atoms with Crippen LogP contribution in [0.1, 0.15) is 30.2 Å². The van der Waals surface area contributed by atoms with Gasteiger partial charge in [0.05, 0.1) is 16.7 Å². The van der Waals surface area contributed by atoms with Crippen LogP contribution in [0.5, 0.6) is 0 Å². The van der Waals surface area contributed by atoms with Crippen LogP contribution < -0.4 is 5.56 Å². The Labute approximate surface area is 137 Å². The molecule has 0 fully saturated rings. The molecule has 0 amide bonds. The van der Waals surface area contributed by atoms with Crippen molar-refractivity contribution in [2.45, 2.75) is 49.6 Å². The first-order chi connectivity index (χ1) is 10.7. The van der Waals surface area contributed by atoms with E-state index in [4.69, 9.17) is 10.2 Å². The predicted molar refractivity (Wildman–Crippen MR) is 91.7 cm³/mol. The van der Waals surface area contributed by atoms with E-state index in [1.807, 2.05) is 6.92 Å². The molecule has 1 atom stereocenters. The molecule has 0 N–H and O–H groups in total. The molecule has 0 radical (unpaired) electrons. The van der Waals surface area contributed by atoms with Gasteiger partial charge in [-0.05, 0) is 38.2 Å². The second kappa shape index (κ2) is 6.27. The molecule has 0 spiro atoms. The minimum atomic E-state index is -0.241. The van der Waals surface area contributed by atoms with Crippen molar-refractivity contribution in [3.05, 3.63) is 33.4 Å². The third-order valence-electron chi connectivity index (χ3n) is 3.82. The van der Waals surface area contributed by atoms with E-state index in [1.54, 1.807) is 22.0 Å². The lowest BCUT2D eigenvalue weighted by atomic mass is 9.97. The van der Waals surface area contributed by atoms with Crippen LogP contribution >= 0.6 is 23.1 Å². The van der Waals surface area contributed by atoms with Crippen LogP contribution in [-0.4, -0.2) is 14.8 Å². The van der Waals surface area contributed by atoms with Crippen LogP contribution in [0, 0.1) is 11.3 Å². The highest BCUT2D eigenvalue weighted by Crippen LogP contribution is 2.35. The summed E-state index contributed by atoms with van der Waals surface area (Å²) in [6.07, 6.45) is 6.06. The van der Waals surface area contributed by atoms with Crippen molar-refractivity contribution in [1.82, 2.24) is 9.55 Å². The minimum absolute atomic E-state index is 0.0111. The first-order valence-corrected chi connectivity index (χ1v) is 9.07. The third-order valence-corrected chi connectivity index (χ3v) is 5.98. The molecule has 0 saturated carbocycles. The zero-order valence-corrected chi connectivity index (χ0v) is 14.1. The number of hydrogen-bond acceptors (Lipinski definition) is 5. The molecule has 2 aromatic rings. The van der Waals surface area contributed by atoms with Gasteiger partial charge in [0.1, 0.15) is 4.83 Å². The fourth-order valence-electron chi connectivity index (χ4n) is 2.78. The number of thioether (sulfide) groups is 1. The summed E-state index contributed by atoms with van der Waals surface area (Å²) < 4.78 is 1.65. The predicted octanol–water partition coefficient (Wildman–Crippen LogP) is 3.53. The number of fused-ring (bicyclic) bond motifs is 3. The number of nitriles is 1. The summed E-state index contributed by atoms with van der Waals surface area (Å²) in [5, 5.41) is 10.2. The molecule has 0 aliphatic heterocycles. The van der Waals surface area contributed by atoms with E-state index in [2.05, 4.69) is 12.6 Å². The molecular formula is C16H17N3OS2. The Morgan fingerprint density at radius 2 is 2.32 bits per heavy atom. The summed E-state index contributed by atoms with van der Waals surface area (Å²) in [6, 6.07) is 2.18. The van der Waals surface area contributed by atoms with Crippen molar-refractivity contribution in [2.24, 2.45) is 0 Å². The molecule has 6 heteroatoms.